The summed E-state index contributed by atoms with van der Waals surface area (Å²) in [6, 6.07) is 4.86. The maximum absolute atomic E-state index is 13.5. The molecule has 2 amide bonds. The van der Waals surface area contributed by atoms with Crippen molar-refractivity contribution in [2.45, 2.75) is 77.3 Å². The molecule has 0 bridgehead atoms. The van der Waals surface area contributed by atoms with E-state index in [1.165, 1.54) is 6.42 Å². The van der Waals surface area contributed by atoms with Crippen LogP contribution < -0.4 is 14.8 Å². The smallest absolute Gasteiger partial charge is 0.247 e. The van der Waals surface area contributed by atoms with E-state index in [2.05, 4.69) is 12.2 Å². The number of hydrogen-bond donors (Lipinski definition) is 1. The molecule has 6 nitrogen and oxygen atoms in total. The number of alkyl halides is 1. The lowest BCUT2D eigenvalue weighted by atomic mass is 9.94. The van der Waals surface area contributed by atoms with Crippen molar-refractivity contribution in [2.24, 2.45) is 0 Å². The molecule has 1 fully saturated rings. The largest absolute Gasteiger partial charge is 0.493 e. The zero-order valence-corrected chi connectivity index (χ0v) is 19.9. The van der Waals surface area contributed by atoms with Crippen LogP contribution in [0.5, 0.6) is 11.5 Å². The zero-order chi connectivity index (χ0) is 22.6. The van der Waals surface area contributed by atoms with Crippen molar-refractivity contribution in [3.63, 3.8) is 0 Å². The van der Waals surface area contributed by atoms with Crippen molar-refractivity contribution in [1.29, 1.82) is 0 Å². The molecule has 1 N–H and O–H groups in total. The van der Waals surface area contributed by atoms with Gasteiger partial charge in [-0.05, 0) is 43.4 Å². The average Bonchev–Trinajstić information content (AvgIpc) is 2.80. The van der Waals surface area contributed by atoms with Crippen LogP contribution in [0.15, 0.2) is 18.2 Å². The highest BCUT2D eigenvalue weighted by Crippen LogP contribution is 2.33. The van der Waals surface area contributed by atoms with Gasteiger partial charge in [0, 0.05) is 12.6 Å². The highest BCUT2D eigenvalue weighted by atomic mass is 35.5. The summed E-state index contributed by atoms with van der Waals surface area (Å²) >= 11 is 5.93. The van der Waals surface area contributed by atoms with Crippen LogP contribution in [-0.2, 0) is 9.59 Å². The monoisotopic (exact) mass is 452 g/mol. The van der Waals surface area contributed by atoms with Crippen molar-refractivity contribution < 1.29 is 19.1 Å². The van der Waals surface area contributed by atoms with Crippen LogP contribution >= 0.6 is 11.6 Å². The van der Waals surface area contributed by atoms with Gasteiger partial charge >= 0.3 is 0 Å². The lowest BCUT2D eigenvalue weighted by molar-refractivity contribution is -0.139. The molecule has 31 heavy (non-hydrogen) atoms. The van der Waals surface area contributed by atoms with Crippen molar-refractivity contribution >= 4 is 23.4 Å². The number of methoxy groups -OCH3 is 1. The van der Waals surface area contributed by atoms with Crippen LogP contribution in [0.2, 0.25) is 0 Å². The van der Waals surface area contributed by atoms with Crippen molar-refractivity contribution in [3.05, 3.63) is 23.8 Å². The zero-order valence-electron chi connectivity index (χ0n) is 19.1. The van der Waals surface area contributed by atoms with E-state index in [0.717, 1.165) is 44.9 Å². The van der Waals surface area contributed by atoms with E-state index in [1.807, 2.05) is 19.1 Å². The Hall–Kier alpha value is -1.95. The molecule has 1 saturated carbocycles. The summed E-state index contributed by atoms with van der Waals surface area (Å²) in [5.74, 6) is 0.611. The van der Waals surface area contributed by atoms with Gasteiger partial charge in [-0.15, -0.1) is 11.6 Å². The van der Waals surface area contributed by atoms with Gasteiger partial charge < -0.3 is 19.7 Å². The SMILES string of the molecule is CCCCN(C(=O)CCl)[C@@H](C(=O)NC1CCCCC1)c1ccc(OCCC)c(OC)c1. The molecule has 0 heterocycles. The molecule has 0 unspecified atom stereocenters. The standard InChI is InChI=1S/C24H37ClN2O4/c1-4-6-14-27(22(28)17-25)23(24(29)26-19-10-8-7-9-11-19)18-12-13-20(31-15-5-2)21(16-18)30-3/h12-13,16,19,23H,4-11,14-15,17H2,1-3H3,(H,26,29)/t23-/m1/s1. The third-order valence-electron chi connectivity index (χ3n) is 5.66. The van der Waals surface area contributed by atoms with E-state index in [-0.39, 0.29) is 23.7 Å². The molecule has 174 valence electrons. The van der Waals surface area contributed by atoms with Crippen molar-refractivity contribution in [3.8, 4) is 11.5 Å². The minimum absolute atomic E-state index is 0.150. The number of unbranched alkanes of at least 4 members (excludes halogenated alkanes) is 1. The van der Waals surface area contributed by atoms with Crippen LogP contribution in [0.1, 0.15) is 76.8 Å². The normalized spacial score (nSPS) is 15.2. The van der Waals surface area contributed by atoms with Gasteiger partial charge in [-0.1, -0.05) is 45.6 Å². The number of nitrogens with zero attached hydrogens (tertiary/aromatic N) is 1. The number of halogens is 1. The first-order chi connectivity index (χ1) is 15.0. The molecule has 1 aromatic rings. The summed E-state index contributed by atoms with van der Waals surface area (Å²) in [6.07, 6.45) is 7.99. The minimum atomic E-state index is -0.756. The van der Waals surface area contributed by atoms with Gasteiger partial charge in [0.25, 0.3) is 0 Å². The first kappa shape index (κ1) is 25.3. The Balaban J connectivity index is 2.39. The third kappa shape index (κ3) is 7.30. The van der Waals surface area contributed by atoms with E-state index < -0.39 is 6.04 Å². The predicted octanol–water partition coefficient (Wildman–Crippen LogP) is 4.84. The second-order valence-electron chi connectivity index (χ2n) is 8.08. The van der Waals surface area contributed by atoms with Gasteiger partial charge in [0.05, 0.1) is 13.7 Å². The maximum atomic E-state index is 13.5. The summed E-state index contributed by atoms with van der Waals surface area (Å²) in [7, 11) is 1.58. The molecule has 1 aliphatic carbocycles. The second kappa shape index (κ2) is 13.5. The van der Waals surface area contributed by atoms with E-state index in [4.69, 9.17) is 21.1 Å². The molecule has 0 aromatic heterocycles. The molecule has 0 spiro atoms. The van der Waals surface area contributed by atoms with Crippen molar-refractivity contribution in [2.75, 3.05) is 26.1 Å². The van der Waals surface area contributed by atoms with E-state index in [0.29, 0.717) is 30.2 Å². The van der Waals surface area contributed by atoms with Gasteiger partial charge in [0.2, 0.25) is 11.8 Å². The lowest BCUT2D eigenvalue weighted by Gasteiger charge is -2.33. The molecule has 1 aromatic carbocycles. The molecule has 0 radical (unpaired) electrons. The topological polar surface area (TPSA) is 67.9 Å². The number of nitrogens with one attached hydrogen (secondary N) is 1. The summed E-state index contributed by atoms with van der Waals surface area (Å²) in [5.41, 5.74) is 0.698. The Bertz CT molecular complexity index is 707. The summed E-state index contributed by atoms with van der Waals surface area (Å²) in [4.78, 5) is 27.8. The Kier molecular flexibility index (Phi) is 11.0. The van der Waals surface area contributed by atoms with Crippen molar-refractivity contribution in [1.82, 2.24) is 10.2 Å². The summed E-state index contributed by atoms with van der Waals surface area (Å²) < 4.78 is 11.3. The highest BCUT2D eigenvalue weighted by Gasteiger charge is 2.32. The molecular formula is C24H37ClN2O4. The van der Waals surface area contributed by atoms with Gasteiger partial charge in [-0.3, -0.25) is 9.59 Å². The number of carbonyl (C=O) groups is 2. The molecule has 1 atom stereocenters. The quantitative estimate of drug-likeness (QED) is 0.460. The fourth-order valence-electron chi connectivity index (χ4n) is 3.99. The summed E-state index contributed by atoms with van der Waals surface area (Å²) in [5, 5.41) is 3.19. The number of ether oxygens (including phenoxy) is 2. The maximum Gasteiger partial charge on any atom is 0.247 e. The van der Waals surface area contributed by atoms with Gasteiger partial charge in [-0.25, -0.2) is 0 Å². The Morgan fingerprint density at radius 3 is 2.52 bits per heavy atom. The fraction of sp³-hybridized carbons (Fsp3) is 0.667. The Morgan fingerprint density at radius 2 is 1.90 bits per heavy atom. The van der Waals surface area contributed by atoms with Crippen LogP contribution in [-0.4, -0.2) is 48.9 Å². The Morgan fingerprint density at radius 1 is 1.16 bits per heavy atom. The van der Waals surface area contributed by atoms with Gasteiger partial charge in [0.1, 0.15) is 11.9 Å². The van der Waals surface area contributed by atoms with Gasteiger partial charge in [-0.2, -0.15) is 0 Å². The summed E-state index contributed by atoms with van der Waals surface area (Å²) in [6.45, 7) is 5.15. The number of hydrogen-bond acceptors (Lipinski definition) is 4. The molecule has 0 aliphatic heterocycles. The molecule has 7 heteroatoms. The molecule has 0 saturated heterocycles. The van der Waals surface area contributed by atoms with Crippen LogP contribution in [0.25, 0.3) is 0 Å². The minimum Gasteiger partial charge on any atom is -0.493 e. The predicted molar refractivity (Wildman–Crippen MR) is 124 cm³/mol. The molecule has 2 rings (SSSR count). The average molecular weight is 453 g/mol. The van der Waals surface area contributed by atoms with E-state index >= 15 is 0 Å². The van der Waals surface area contributed by atoms with Crippen LogP contribution in [0.3, 0.4) is 0 Å². The van der Waals surface area contributed by atoms with Crippen LogP contribution in [0.4, 0.5) is 0 Å². The molecular weight excluding hydrogens is 416 g/mol. The molecule has 1 aliphatic rings. The van der Waals surface area contributed by atoms with Gasteiger partial charge in [0.15, 0.2) is 11.5 Å². The number of carbonyl (C=O) groups excluding carboxylic acids is 2. The number of amides is 2. The lowest BCUT2D eigenvalue weighted by Crippen LogP contribution is -2.47. The third-order valence-corrected chi connectivity index (χ3v) is 5.89. The number of benzene rings is 1. The fourth-order valence-corrected chi connectivity index (χ4v) is 4.14. The number of rotatable bonds is 12. The Labute approximate surface area is 191 Å². The highest BCUT2D eigenvalue weighted by molar-refractivity contribution is 6.27. The van der Waals surface area contributed by atoms with E-state index in [9.17, 15) is 9.59 Å². The van der Waals surface area contributed by atoms with E-state index in [1.54, 1.807) is 18.1 Å². The first-order valence-electron chi connectivity index (χ1n) is 11.5. The van der Waals surface area contributed by atoms with Crippen LogP contribution in [0, 0.1) is 0 Å². The second-order valence-corrected chi connectivity index (χ2v) is 8.35. The first-order valence-corrected chi connectivity index (χ1v) is 12.1.